The number of amides is 4. The Morgan fingerprint density at radius 2 is 1.46 bits per heavy atom. The molecule has 3 heterocycles. The van der Waals surface area contributed by atoms with Crippen LogP contribution in [0.25, 0.3) is 0 Å². The number of aromatic nitrogens is 2. The molecule has 2 aliphatic heterocycles. The SMILES string of the molecule is CN(CC1CCN(c2ccc(NC3CCC(=O)NC3=O)cc2F)CC1)C1CCC(NC(=O)c2ccc(Nc3ncc(F)c(Nc4ccc(C(=O)Nc5ccccc5Cl)cc4)n3)cc2)CC1. The first kappa shape index (κ1) is 44.9. The van der Waals surface area contributed by atoms with Crippen molar-refractivity contribution < 1.29 is 28.0 Å². The van der Waals surface area contributed by atoms with Gasteiger partial charge in [0, 0.05) is 66.3 Å². The summed E-state index contributed by atoms with van der Waals surface area (Å²) in [6.45, 7) is 2.49. The fourth-order valence-corrected chi connectivity index (χ4v) is 8.86. The Labute approximate surface area is 380 Å². The van der Waals surface area contributed by atoms with Gasteiger partial charge in [-0.05, 0) is 137 Å². The molecule has 3 aliphatic rings. The van der Waals surface area contributed by atoms with Gasteiger partial charge < -0.3 is 36.4 Å². The number of imide groups is 1. The molecule has 1 saturated carbocycles. The number of hydrogen-bond donors (Lipinski definition) is 6. The number of carbonyl (C=O) groups excluding carboxylic acids is 4. The van der Waals surface area contributed by atoms with Gasteiger partial charge in [0.05, 0.1) is 22.6 Å². The minimum atomic E-state index is -0.663. The van der Waals surface area contributed by atoms with Crippen molar-refractivity contribution in [1.29, 1.82) is 0 Å². The lowest BCUT2D eigenvalue weighted by Gasteiger charge is -2.39. The smallest absolute Gasteiger partial charge is 0.255 e. The second kappa shape index (κ2) is 20.5. The van der Waals surface area contributed by atoms with Crippen molar-refractivity contribution >= 4 is 75.4 Å². The van der Waals surface area contributed by atoms with Crippen LogP contribution in [0.4, 0.5) is 49.0 Å². The van der Waals surface area contributed by atoms with Crippen molar-refractivity contribution in [1.82, 2.24) is 25.5 Å². The van der Waals surface area contributed by atoms with Gasteiger partial charge in [0.15, 0.2) is 11.6 Å². The van der Waals surface area contributed by atoms with Gasteiger partial charge in [0.1, 0.15) is 11.9 Å². The highest BCUT2D eigenvalue weighted by Gasteiger charge is 2.30. The minimum absolute atomic E-state index is 0.0602. The standard InChI is InChI=1S/C48H51ClF2N10O4/c1-60(28-29-22-24-61(25-23-29)42-20-16-35(26-38(42)50)53-41-19-21-43(62)58-47(41)65)36-17-14-33(15-18-36)55-45(63)30-8-12-34(13-9-30)56-48-52-27-39(51)44(59-48)54-32-10-6-31(7-11-32)46(64)57-40-5-3-2-4-37(40)49/h2-13,16,20,26-27,29,33,36,41,53H,14-15,17-19,21-25,28H2,1H3,(H,55,63)(H,57,64)(H,58,62,65)(H2,52,54,56,59). The summed E-state index contributed by atoms with van der Waals surface area (Å²) in [4.78, 5) is 62.4. The summed E-state index contributed by atoms with van der Waals surface area (Å²) in [5, 5.41) is 17.8. The predicted molar refractivity (Wildman–Crippen MR) is 248 cm³/mol. The van der Waals surface area contributed by atoms with Crippen molar-refractivity contribution in [3.63, 3.8) is 0 Å². The van der Waals surface area contributed by atoms with E-state index >= 15 is 4.39 Å². The number of nitrogens with one attached hydrogen (secondary N) is 6. The number of hydrogen-bond acceptors (Lipinski definition) is 11. The summed E-state index contributed by atoms with van der Waals surface area (Å²) < 4.78 is 30.0. The molecule has 0 radical (unpaired) electrons. The van der Waals surface area contributed by atoms with E-state index in [-0.39, 0.29) is 53.7 Å². The molecule has 2 saturated heterocycles. The Bertz CT molecular complexity index is 2520. The van der Waals surface area contributed by atoms with Gasteiger partial charge in [-0.1, -0.05) is 23.7 Å². The number of halogens is 3. The average molecular weight is 905 g/mol. The second-order valence-corrected chi connectivity index (χ2v) is 17.3. The van der Waals surface area contributed by atoms with Gasteiger partial charge in [-0.3, -0.25) is 24.5 Å². The minimum Gasteiger partial charge on any atom is -0.374 e. The Kier molecular flexibility index (Phi) is 14.1. The Balaban J connectivity index is 0.749. The maximum absolute atomic E-state index is 15.2. The van der Waals surface area contributed by atoms with E-state index < -0.39 is 11.9 Å². The molecule has 3 fully saturated rings. The van der Waals surface area contributed by atoms with Crippen LogP contribution in [-0.4, -0.2) is 83.3 Å². The van der Waals surface area contributed by atoms with Crippen LogP contribution >= 0.6 is 11.6 Å². The number of anilines is 7. The van der Waals surface area contributed by atoms with Crippen LogP contribution in [0, 0.1) is 17.6 Å². The van der Waals surface area contributed by atoms with Crippen molar-refractivity contribution in [2.75, 3.05) is 52.8 Å². The van der Waals surface area contributed by atoms with Crippen LogP contribution in [0.3, 0.4) is 0 Å². The highest BCUT2D eigenvalue weighted by molar-refractivity contribution is 6.33. The first-order valence-corrected chi connectivity index (χ1v) is 22.3. The lowest BCUT2D eigenvalue weighted by molar-refractivity contribution is -0.133. The van der Waals surface area contributed by atoms with Gasteiger partial charge in [0.2, 0.25) is 17.8 Å². The van der Waals surface area contributed by atoms with Crippen molar-refractivity contribution in [2.24, 2.45) is 5.92 Å². The quantitative estimate of drug-likeness (QED) is 0.0593. The molecule has 6 N–H and O–H groups in total. The molecule has 0 bridgehead atoms. The molecular formula is C48H51ClF2N10O4. The third-order valence-corrected chi connectivity index (χ3v) is 12.7. The molecule has 1 atom stereocenters. The van der Waals surface area contributed by atoms with Gasteiger partial charge in [-0.2, -0.15) is 4.98 Å². The van der Waals surface area contributed by atoms with Crippen LogP contribution in [0.15, 0.2) is 97.2 Å². The van der Waals surface area contributed by atoms with E-state index in [0.717, 1.165) is 64.4 Å². The molecule has 14 nitrogen and oxygen atoms in total. The van der Waals surface area contributed by atoms with E-state index in [9.17, 15) is 23.6 Å². The number of para-hydroxylation sites is 1. The molecule has 4 aromatic carbocycles. The highest BCUT2D eigenvalue weighted by atomic mass is 35.5. The lowest BCUT2D eigenvalue weighted by atomic mass is 9.88. The number of rotatable bonds is 14. The molecule has 1 unspecified atom stereocenters. The van der Waals surface area contributed by atoms with Crippen molar-refractivity contribution in [3.05, 3.63) is 125 Å². The highest BCUT2D eigenvalue weighted by Crippen LogP contribution is 2.31. The van der Waals surface area contributed by atoms with Crippen LogP contribution in [0.2, 0.25) is 5.02 Å². The fourth-order valence-electron chi connectivity index (χ4n) is 8.68. The normalized spacial score (nSPS) is 19.0. The summed E-state index contributed by atoms with van der Waals surface area (Å²) in [6, 6.07) is 25.3. The summed E-state index contributed by atoms with van der Waals surface area (Å²) in [6.07, 6.45) is 7.33. The number of carbonyl (C=O) groups is 4. The predicted octanol–water partition coefficient (Wildman–Crippen LogP) is 8.25. The zero-order valence-electron chi connectivity index (χ0n) is 35.9. The molecule has 17 heteroatoms. The number of nitrogens with zero attached hydrogens (tertiary/aromatic N) is 4. The van der Waals surface area contributed by atoms with Gasteiger partial charge in [0.25, 0.3) is 11.8 Å². The summed E-state index contributed by atoms with van der Waals surface area (Å²) in [7, 11) is 2.18. The first-order valence-electron chi connectivity index (χ1n) is 21.9. The van der Waals surface area contributed by atoms with E-state index in [2.05, 4.69) is 58.7 Å². The summed E-state index contributed by atoms with van der Waals surface area (Å²) in [5.41, 5.74) is 3.60. The van der Waals surface area contributed by atoms with E-state index in [0.29, 0.717) is 63.0 Å². The van der Waals surface area contributed by atoms with E-state index in [4.69, 9.17) is 11.6 Å². The number of benzene rings is 4. The zero-order valence-corrected chi connectivity index (χ0v) is 36.6. The average Bonchev–Trinajstić information content (AvgIpc) is 3.30. The molecule has 1 aliphatic carbocycles. The molecule has 1 aromatic heterocycles. The fraction of sp³-hybridized carbons (Fsp3) is 0.333. The molecule has 4 amide bonds. The van der Waals surface area contributed by atoms with Crippen LogP contribution in [0.5, 0.6) is 0 Å². The molecule has 65 heavy (non-hydrogen) atoms. The Hall–Kier alpha value is -6.65. The van der Waals surface area contributed by atoms with E-state index in [1.54, 1.807) is 84.9 Å². The van der Waals surface area contributed by atoms with E-state index in [1.807, 2.05) is 0 Å². The van der Waals surface area contributed by atoms with E-state index in [1.165, 1.54) is 6.07 Å². The monoisotopic (exact) mass is 904 g/mol. The van der Waals surface area contributed by atoms with Crippen LogP contribution < -0.4 is 36.8 Å². The summed E-state index contributed by atoms with van der Waals surface area (Å²) in [5.74, 6) is -1.57. The van der Waals surface area contributed by atoms with Crippen molar-refractivity contribution in [2.45, 2.75) is 69.5 Å². The maximum atomic E-state index is 15.2. The molecule has 5 aromatic rings. The molecular weight excluding hydrogens is 854 g/mol. The van der Waals surface area contributed by atoms with Crippen molar-refractivity contribution in [3.8, 4) is 0 Å². The third kappa shape index (κ3) is 11.5. The molecule has 8 rings (SSSR count). The van der Waals surface area contributed by atoms with Gasteiger partial charge in [-0.25, -0.2) is 13.8 Å². The summed E-state index contributed by atoms with van der Waals surface area (Å²) >= 11 is 6.16. The molecule has 338 valence electrons. The van der Waals surface area contributed by atoms with Gasteiger partial charge in [-0.15, -0.1) is 0 Å². The zero-order chi connectivity index (χ0) is 45.5. The topological polar surface area (TPSA) is 173 Å². The maximum Gasteiger partial charge on any atom is 0.255 e. The van der Waals surface area contributed by atoms with Crippen LogP contribution in [-0.2, 0) is 9.59 Å². The number of piperidine rings is 2. The largest absolute Gasteiger partial charge is 0.374 e. The van der Waals surface area contributed by atoms with Gasteiger partial charge >= 0.3 is 0 Å². The van der Waals surface area contributed by atoms with Crippen LogP contribution in [0.1, 0.15) is 72.1 Å². The second-order valence-electron chi connectivity index (χ2n) is 16.9. The Morgan fingerprint density at radius 1 is 0.800 bits per heavy atom. The molecule has 0 spiro atoms. The third-order valence-electron chi connectivity index (χ3n) is 12.4. The lowest BCUT2D eigenvalue weighted by Crippen LogP contribution is -2.47. The Morgan fingerprint density at radius 3 is 2.14 bits per heavy atom. The first-order chi connectivity index (χ1) is 31.4.